The second-order valence-corrected chi connectivity index (χ2v) is 7.21. The van der Waals surface area contributed by atoms with Crippen molar-refractivity contribution in [1.82, 2.24) is 0 Å². The van der Waals surface area contributed by atoms with Crippen molar-refractivity contribution >= 4 is 5.97 Å². The number of alkyl halides is 2. The van der Waals surface area contributed by atoms with Gasteiger partial charge in [0.05, 0.1) is 5.56 Å². The van der Waals surface area contributed by atoms with Gasteiger partial charge in [-0.2, -0.15) is 0 Å². The van der Waals surface area contributed by atoms with Crippen molar-refractivity contribution in [3.8, 4) is 11.5 Å². The average molecular weight is 412 g/mol. The molecule has 0 bridgehead atoms. The fraction of sp³-hybridized carbons (Fsp3) is 0.208. The summed E-state index contributed by atoms with van der Waals surface area (Å²) < 4.78 is 32.1. The van der Waals surface area contributed by atoms with Gasteiger partial charge in [0.2, 0.25) is 0 Å². The number of phenols is 2. The lowest BCUT2D eigenvalue weighted by atomic mass is 9.83. The Morgan fingerprint density at radius 2 is 1.33 bits per heavy atom. The van der Waals surface area contributed by atoms with E-state index in [-0.39, 0.29) is 17.1 Å². The number of hydrogen-bond donors (Lipinski definition) is 2. The number of rotatable bonds is 6. The molecule has 3 rings (SSSR count). The molecular weight excluding hydrogens is 390 g/mol. The third-order valence-electron chi connectivity index (χ3n) is 4.94. The fourth-order valence-corrected chi connectivity index (χ4v) is 3.15. The smallest absolute Gasteiger partial charge is 0.338 e. The number of hydrogen-bond acceptors (Lipinski definition) is 4. The van der Waals surface area contributed by atoms with Crippen LogP contribution in [0.3, 0.4) is 0 Å². The Kier molecular flexibility index (Phi) is 6.06. The van der Waals surface area contributed by atoms with E-state index in [2.05, 4.69) is 0 Å². The average Bonchev–Trinajstić information content (AvgIpc) is 2.70. The zero-order valence-corrected chi connectivity index (χ0v) is 16.5. The van der Waals surface area contributed by atoms with Crippen LogP contribution in [0.1, 0.15) is 46.8 Å². The monoisotopic (exact) mass is 412 g/mol. The first-order valence-electron chi connectivity index (χ1n) is 9.42. The second kappa shape index (κ2) is 8.53. The van der Waals surface area contributed by atoms with Crippen molar-refractivity contribution < 1.29 is 28.5 Å². The molecule has 0 radical (unpaired) electrons. The van der Waals surface area contributed by atoms with Crippen molar-refractivity contribution in [1.29, 1.82) is 0 Å². The zero-order valence-electron chi connectivity index (χ0n) is 16.5. The third kappa shape index (κ3) is 4.76. The normalized spacial score (nSPS) is 12.6. The van der Waals surface area contributed by atoms with Crippen molar-refractivity contribution in [3.63, 3.8) is 0 Å². The van der Waals surface area contributed by atoms with Gasteiger partial charge in [-0.15, -0.1) is 0 Å². The van der Waals surface area contributed by atoms with Crippen molar-refractivity contribution in [2.24, 2.45) is 0 Å². The van der Waals surface area contributed by atoms with E-state index >= 15 is 0 Å². The summed E-state index contributed by atoms with van der Waals surface area (Å²) in [4.78, 5) is 12.8. The highest BCUT2D eigenvalue weighted by Gasteiger charge is 2.34. The van der Waals surface area contributed by atoms with Crippen molar-refractivity contribution in [3.05, 3.63) is 95.1 Å². The largest absolute Gasteiger partial charge is 0.508 e. The molecular formula is C24H22F2O4. The Hall–Kier alpha value is -3.41. The van der Waals surface area contributed by atoms with Crippen LogP contribution in [0, 0.1) is 0 Å². The number of ether oxygens (including phenoxy) is 1. The number of benzene rings is 3. The fourth-order valence-electron chi connectivity index (χ4n) is 3.15. The summed E-state index contributed by atoms with van der Waals surface area (Å²) in [7, 11) is 0. The first kappa shape index (κ1) is 21.3. The summed E-state index contributed by atoms with van der Waals surface area (Å²) in [5.74, 6) is -4.28. The highest BCUT2D eigenvalue weighted by Crippen LogP contribution is 2.36. The maximum Gasteiger partial charge on any atom is 0.338 e. The van der Waals surface area contributed by atoms with Crippen LogP contribution in [-0.2, 0) is 4.74 Å². The standard InChI is InChI=1S/C24H22F2O4/c1-15(24(2,25)26)30-23(29)21-6-4-3-5-20(21)22(16-7-11-18(27)12-8-16)17-9-13-19(28)14-10-17/h3-15,22,27-28H,1-2H3. The van der Waals surface area contributed by atoms with Crippen LogP contribution >= 0.6 is 0 Å². The van der Waals surface area contributed by atoms with Crippen LogP contribution in [0.15, 0.2) is 72.8 Å². The first-order chi connectivity index (χ1) is 14.2. The van der Waals surface area contributed by atoms with Gasteiger partial charge in [0, 0.05) is 12.8 Å². The lowest BCUT2D eigenvalue weighted by Gasteiger charge is -2.24. The second-order valence-electron chi connectivity index (χ2n) is 7.21. The Bertz CT molecular complexity index is 963. The SMILES string of the molecule is CC(OC(=O)c1ccccc1C(c1ccc(O)cc1)c1ccc(O)cc1)C(C)(F)F. The number of aromatic hydroxyl groups is 2. The highest BCUT2D eigenvalue weighted by atomic mass is 19.3. The predicted octanol–water partition coefficient (Wildman–Crippen LogP) is 5.48. The highest BCUT2D eigenvalue weighted by molar-refractivity contribution is 5.92. The van der Waals surface area contributed by atoms with Gasteiger partial charge in [0.1, 0.15) is 11.5 Å². The van der Waals surface area contributed by atoms with Gasteiger partial charge >= 0.3 is 5.97 Å². The Morgan fingerprint density at radius 3 is 1.80 bits per heavy atom. The molecule has 0 amide bonds. The predicted molar refractivity (Wildman–Crippen MR) is 109 cm³/mol. The van der Waals surface area contributed by atoms with Crippen molar-refractivity contribution in [2.75, 3.05) is 0 Å². The Balaban J connectivity index is 2.09. The molecule has 4 nitrogen and oxygen atoms in total. The minimum atomic E-state index is -3.17. The van der Waals surface area contributed by atoms with E-state index in [0.717, 1.165) is 18.1 Å². The molecule has 156 valence electrons. The summed E-state index contributed by atoms with van der Waals surface area (Å²) in [5.41, 5.74) is 2.27. The van der Waals surface area contributed by atoms with Gasteiger partial charge in [-0.3, -0.25) is 0 Å². The van der Waals surface area contributed by atoms with E-state index in [0.29, 0.717) is 12.5 Å². The van der Waals surface area contributed by atoms with Gasteiger partial charge in [0.15, 0.2) is 6.10 Å². The minimum absolute atomic E-state index is 0.0925. The van der Waals surface area contributed by atoms with Gasteiger partial charge < -0.3 is 14.9 Å². The topological polar surface area (TPSA) is 66.8 Å². The van der Waals surface area contributed by atoms with E-state index in [1.54, 1.807) is 42.5 Å². The van der Waals surface area contributed by atoms with E-state index in [9.17, 15) is 23.8 Å². The number of phenolic OH excluding ortho intramolecular Hbond substituents is 2. The lowest BCUT2D eigenvalue weighted by Crippen LogP contribution is -2.32. The molecule has 3 aromatic carbocycles. The first-order valence-corrected chi connectivity index (χ1v) is 9.42. The van der Waals surface area contributed by atoms with E-state index in [1.807, 2.05) is 0 Å². The Labute approximate surface area is 173 Å². The molecule has 0 saturated heterocycles. The molecule has 0 spiro atoms. The van der Waals surface area contributed by atoms with Crippen molar-refractivity contribution in [2.45, 2.75) is 31.8 Å². The molecule has 0 aliphatic heterocycles. The maximum absolute atomic E-state index is 13.5. The molecule has 3 aromatic rings. The molecule has 0 aliphatic carbocycles. The van der Waals surface area contributed by atoms with Crippen LogP contribution in [0.5, 0.6) is 11.5 Å². The molecule has 2 N–H and O–H groups in total. The summed E-state index contributed by atoms with van der Waals surface area (Å²) >= 11 is 0. The summed E-state index contributed by atoms with van der Waals surface area (Å²) in [6.45, 7) is 1.85. The van der Waals surface area contributed by atoms with Crippen LogP contribution in [0.2, 0.25) is 0 Å². The number of carbonyl (C=O) groups excluding carboxylic acids is 1. The molecule has 1 unspecified atom stereocenters. The summed E-state index contributed by atoms with van der Waals surface area (Å²) in [6.07, 6.45) is -1.58. The Morgan fingerprint density at radius 1 is 0.867 bits per heavy atom. The molecule has 0 saturated carbocycles. The molecule has 1 atom stereocenters. The van der Waals surface area contributed by atoms with Crippen LogP contribution in [-0.4, -0.2) is 28.2 Å². The number of halogens is 2. The molecule has 0 heterocycles. The van der Waals surface area contributed by atoms with E-state index < -0.39 is 23.9 Å². The summed E-state index contributed by atoms with van der Waals surface area (Å²) in [6, 6.07) is 19.7. The van der Waals surface area contributed by atoms with Gasteiger partial charge in [-0.05, 0) is 53.9 Å². The molecule has 30 heavy (non-hydrogen) atoms. The van der Waals surface area contributed by atoms with Crippen LogP contribution < -0.4 is 0 Å². The third-order valence-corrected chi connectivity index (χ3v) is 4.94. The maximum atomic E-state index is 13.5. The lowest BCUT2D eigenvalue weighted by molar-refractivity contribution is -0.0935. The molecule has 6 heteroatoms. The molecule has 0 fully saturated rings. The van der Waals surface area contributed by atoms with Gasteiger partial charge in [-0.25, -0.2) is 13.6 Å². The van der Waals surface area contributed by atoms with Gasteiger partial charge in [-0.1, -0.05) is 42.5 Å². The number of esters is 1. The number of carbonyl (C=O) groups is 1. The van der Waals surface area contributed by atoms with E-state index in [1.165, 1.54) is 30.3 Å². The van der Waals surface area contributed by atoms with Gasteiger partial charge in [0.25, 0.3) is 5.92 Å². The minimum Gasteiger partial charge on any atom is -0.508 e. The molecule has 0 aromatic heterocycles. The summed E-state index contributed by atoms with van der Waals surface area (Å²) in [5, 5.41) is 19.3. The quantitative estimate of drug-likeness (QED) is 0.416. The zero-order chi connectivity index (χ0) is 21.9. The van der Waals surface area contributed by atoms with E-state index in [4.69, 9.17) is 4.74 Å². The molecule has 0 aliphatic rings. The van der Waals surface area contributed by atoms with Crippen LogP contribution in [0.25, 0.3) is 0 Å². The van der Waals surface area contributed by atoms with Crippen LogP contribution in [0.4, 0.5) is 8.78 Å².